The van der Waals surface area contributed by atoms with Crippen LogP contribution in [0.2, 0.25) is 0 Å². The molecule has 0 fully saturated rings. The first-order valence-electron chi connectivity index (χ1n) is 6.44. The van der Waals surface area contributed by atoms with Crippen LogP contribution >= 0.6 is 0 Å². The average Bonchev–Trinajstić information content (AvgIpc) is 2.39. The maximum Gasteiger partial charge on any atom is 0.129 e. The van der Waals surface area contributed by atoms with E-state index in [1.807, 2.05) is 0 Å². The predicted octanol–water partition coefficient (Wildman–Crippen LogP) is 4.60. The molecule has 0 heterocycles. The zero-order valence-electron chi connectivity index (χ0n) is 12.1. The largest absolute Gasteiger partial charge is 0.206 e. The summed E-state index contributed by atoms with van der Waals surface area (Å²) in [5.41, 5.74) is 3.87. The van der Waals surface area contributed by atoms with Crippen LogP contribution in [0.5, 0.6) is 0 Å². The van der Waals surface area contributed by atoms with Crippen LogP contribution in [-0.4, -0.2) is 0 Å². The first-order chi connectivity index (χ1) is 9.38. The van der Waals surface area contributed by atoms with E-state index >= 15 is 0 Å². The first-order valence-corrected chi connectivity index (χ1v) is 6.44. The molecule has 0 unspecified atom stereocenters. The summed E-state index contributed by atoms with van der Waals surface area (Å²) in [6.07, 6.45) is 0. The van der Waals surface area contributed by atoms with Gasteiger partial charge in [-0.2, -0.15) is 0 Å². The molecule has 0 aliphatic rings. The van der Waals surface area contributed by atoms with Crippen molar-refractivity contribution < 1.29 is 8.78 Å². The number of halogens is 2. The Hall–Kier alpha value is -2.14. The van der Waals surface area contributed by atoms with Gasteiger partial charge in [-0.25, -0.2) is 8.78 Å². The molecule has 0 N–H and O–H groups in total. The highest BCUT2D eigenvalue weighted by Gasteiger charge is 2.04. The zero-order chi connectivity index (χ0) is 14.9. The molecule has 0 aliphatic carbocycles. The van der Waals surface area contributed by atoms with E-state index in [2.05, 4.69) is 11.8 Å². The molecule has 0 saturated carbocycles. The molecule has 2 heteroatoms. The van der Waals surface area contributed by atoms with Gasteiger partial charge in [0.15, 0.2) is 0 Å². The lowest BCUT2D eigenvalue weighted by molar-refractivity contribution is 0.609. The smallest absolute Gasteiger partial charge is 0.129 e. The summed E-state index contributed by atoms with van der Waals surface area (Å²) in [7, 11) is 0. The van der Waals surface area contributed by atoms with Crippen molar-refractivity contribution in [2.24, 2.45) is 0 Å². The second-order valence-corrected chi connectivity index (χ2v) is 5.10. The normalized spacial score (nSPS) is 10.1. The monoisotopic (exact) mass is 270 g/mol. The number of benzene rings is 2. The molecule has 0 saturated heterocycles. The summed E-state index contributed by atoms with van der Waals surface area (Å²) in [6.45, 7) is 6.89. The molecular weight excluding hydrogens is 254 g/mol. The van der Waals surface area contributed by atoms with E-state index in [4.69, 9.17) is 0 Å². The van der Waals surface area contributed by atoms with Crippen molar-refractivity contribution in [1.29, 1.82) is 0 Å². The molecule has 20 heavy (non-hydrogen) atoms. The van der Waals surface area contributed by atoms with Crippen molar-refractivity contribution in [2.75, 3.05) is 0 Å². The number of aryl methyl sites for hydroxylation is 4. The minimum Gasteiger partial charge on any atom is -0.206 e. The fourth-order valence-electron chi connectivity index (χ4n) is 2.18. The van der Waals surface area contributed by atoms with Gasteiger partial charge >= 0.3 is 0 Å². The average molecular weight is 270 g/mol. The van der Waals surface area contributed by atoms with E-state index in [0.29, 0.717) is 22.3 Å². The third-order valence-electron chi connectivity index (χ3n) is 3.22. The quantitative estimate of drug-likeness (QED) is 0.614. The molecule has 0 radical (unpaired) electrons. The first kappa shape index (κ1) is 14.3. The third-order valence-corrected chi connectivity index (χ3v) is 3.22. The molecule has 0 aliphatic heterocycles. The lowest BCUT2D eigenvalue weighted by atomic mass is 10.0. The minimum absolute atomic E-state index is 0.191. The third kappa shape index (κ3) is 2.88. The fourth-order valence-corrected chi connectivity index (χ4v) is 2.18. The van der Waals surface area contributed by atoms with Crippen LogP contribution < -0.4 is 0 Å². The fraction of sp³-hybridized carbons (Fsp3) is 0.222. The Morgan fingerprint density at radius 3 is 1.10 bits per heavy atom. The molecule has 2 aromatic rings. The highest BCUT2D eigenvalue weighted by molar-refractivity contribution is 5.47. The SMILES string of the molecule is Cc1cc(C#Cc2cc(C)c(F)c(C)c2)cc(C)c1F. The Labute approximate surface area is 118 Å². The van der Waals surface area contributed by atoms with E-state index in [9.17, 15) is 8.78 Å². The maximum atomic E-state index is 13.5. The summed E-state index contributed by atoms with van der Waals surface area (Å²) in [5.74, 6) is 5.63. The zero-order valence-corrected chi connectivity index (χ0v) is 12.1. The van der Waals surface area contributed by atoms with E-state index in [1.54, 1.807) is 52.0 Å². The van der Waals surface area contributed by atoms with Crippen molar-refractivity contribution in [3.8, 4) is 11.8 Å². The molecule has 2 rings (SSSR count). The Morgan fingerprint density at radius 1 is 0.600 bits per heavy atom. The van der Waals surface area contributed by atoms with Crippen LogP contribution in [0.1, 0.15) is 33.4 Å². The Morgan fingerprint density at radius 2 is 0.850 bits per heavy atom. The number of hydrogen-bond acceptors (Lipinski definition) is 0. The van der Waals surface area contributed by atoms with Gasteiger partial charge < -0.3 is 0 Å². The van der Waals surface area contributed by atoms with Gasteiger partial charge in [-0.15, -0.1) is 0 Å². The van der Waals surface area contributed by atoms with Gasteiger partial charge in [0.25, 0.3) is 0 Å². The van der Waals surface area contributed by atoms with Gasteiger partial charge in [-0.05, 0) is 74.2 Å². The minimum atomic E-state index is -0.191. The van der Waals surface area contributed by atoms with Crippen LogP contribution in [-0.2, 0) is 0 Å². The summed E-state index contributed by atoms with van der Waals surface area (Å²) >= 11 is 0. The Balaban J connectivity index is 2.41. The van der Waals surface area contributed by atoms with Crippen molar-refractivity contribution in [2.45, 2.75) is 27.7 Å². The van der Waals surface area contributed by atoms with Crippen LogP contribution in [0, 0.1) is 51.2 Å². The van der Waals surface area contributed by atoms with Crippen molar-refractivity contribution in [3.63, 3.8) is 0 Å². The van der Waals surface area contributed by atoms with Crippen molar-refractivity contribution >= 4 is 0 Å². The van der Waals surface area contributed by atoms with Gasteiger partial charge in [-0.3, -0.25) is 0 Å². The Kier molecular flexibility index (Phi) is 3.90. The topological polar surface area (TPSA) is 0 Å². The van der Waals surface area contributed by atoms with Gasteiger partial charge in [0, 0.05) is 11.1 Å². The molecule has 0 aromatic heterocycles. The van der Waals surface area contributed by atoms with E-state index < -0.39 is 0 Å². The molecule has 102 valence electrons. The van der Waals surface area contributed by atoms with Crippen LogP contribution in [0.4, 0.5) is 8.78 Å². The van der Waals surface area contributed by atoms with Gasteiger partial charge in [0.1, 0.15) is 11.6 Å². The lowest BCUT2D eigenvalue weighted by Crippen LogP contribution is -1.91. The van der Waals surface area contributed by atoms with Crippen molar-refractivity contribution in [1.82, 2.24) is 0 Å². The Bertz CT molecular complexity index is 623. The van der Waals surface area contributed by atoms with Gasteiger partial charge in [-0.1, -0.05) is 11.8 Å². The number of rotatable bonds is 0. The van der Waals surface area contributed by atoms with E-state index in [0.717, 1.165) is 11.1 Å². The van der Waals surface area contributed by atoms with E-state index in [-0.39, 0.29) is 11.6 Å². The predicted molar refractivity (Wildman–Crippen MR) is 77.7 cm³/mol. The maximum absolute atomic E-state index is 13.5. The molecule has 0 bridgehead atoms. The highest BCUT2D eigenvalue weighted by atomic mass is 19.1. The summed E-state index contributed by atoms with van der Waals surface area (Å²) < 4.78 is 27.1. The summed E-state index contributed by atoms with van der Waals surface area (Å²) in [6, 6.07) is 6.88. The molecule has 0 atom stereocenters. The molecular formula is C18H16F2. The number of hydrogen-bond donors (Lipinski definition) is 0. The van der Waals surface area contributed by atoms with E-state index in [1.165, 1.54) is 0 Å². The molecule has 2 aromatic carbocycles. The second kappa shape index (κ2) is 5.46. The summed E-state index contributed by atoms with van der Waals surface area (Å²) in [5, 5.41) is 0. The molecule has 0 amide bonds. The van der Waals surface area contributed by atoms with Crippen LogP contribution in [0.15, 0.2) is 24.3 Å². The van der Waals surface area contributed by atoms with Crippen LogP contribution in [0.3, 0.4) is 0 Å². The summed E-state index contributed by atoms with van der Waals surface area (Å²) in [4.78, 5) is 0. The van der Waals surface area contributed by atoms with Crippen LogP contribution in [0.25, 0.3) is 0 Å². The molecule has 0 nitrogen and oxygen atoms in total. The lowest BCUT2D eigenvalue weighted by Gasteiger charge is -2.02. The van der Waals surface area contributed by atoms with Crippen molar-refractivity contribution in [3.05, 3.63) is 69.3 Å². The highest BCUT2D eigenvalue weighted by Crippen LogP contribution is 2.16. The second-order valence-electron chi connectivity index (χ2n) is 5.10. The van der Waals surface area contributed by atoms with Gasteiger partial charge in [0.05, 0.1) is 0 Å². The molecule has 0 spiro atoms. The van der Waals surface area contributed by atoms with Gasteiger partial charge in [0.2, 0.25) is 0 Å². The standard InChI is InChI=1S/C18H16F2/c1-11-7-15(8-12(2)17(11)19)5-6-16-9-13(3)18(20)14(4)10-16/h7-10H,1-4H3.